The van der Waals surface area contributed by atoms with Crippen LogP contribution in [0.3, 0.4) is 0 Å². The first-order valence-corrected chi connectivity index (χ1v) is 13.4. The lowest BCUT2D eigenvalue weighted by Crippen LogP contribution is -2.56. The first kappa shape index (κ1) is 25.4. The molecule has 3 atom stereocenters. The summed E-state index contributed by atoms with van der Waals surface area (Å²) in [5.41, 5.74) is 8.56. The number of nitrogens with two attached hydrogens (primary N) is 1. The second-order valence-corrected chi connectivity index (χ2v) is 10.6. The van der Waals surface area contributed by atoms with Gasteiger partial charge < -0.3 is 25.8 Å². The largest absolute Gasteiger partial charge is 0.627 e. The van der Waals surface area contributed by atoms with Crippen molar-refractivity contribution in [3.63, 3.8) is 0 Å². The van der Waals surface area contributed by atoms with E-state index < -0.39 is 10.7 Å². The normalized spacial score (nSPS) is 23.6. The van der Waals surface area contributed by atoms with Crippen molar-refractivity contribution < 1.29 is 4.79 Å². The summed E-state index contributed by atoms with van der Waals surface area (Å²) in [7, 11) is 0. The van der Waals surface area contributed by atoms with Crippen LogP contribution in [0.5, 0.6) is 0 Å². The zero-order valence-electron chi connectivity index (χ0n) is 21.6. The summed E-state index contributed by atoms with van der Waals surface area (Å²) in [5.74, 6) is -0.290. The number of nitrogens with one attached hydrogen (secondary N) is 2. The van der Waals surface area contributed by atoms with E-state index in [-0.39, 0.29) is 18.3 Å². The average Bonchev–Trinajstić information content (AvgIpc) is 3.19. The van der Waals surface area contributed by atoms with Crippen molar-refractivity contribution in [3.05, 3.63) is 82.6 Å². The maximum absolute atomic E-state index is 14.8. The van der Waals surface area contributed by atoms with E-state index in [1.165, 1.54) is 19.3 Å². The number of likely N-dealkylation sites (tertiary alicyclic amines) is 1. The van der Waals surface area contributed by atoms with Crippen LogP contribution < -0.4 is 15.7 Å². The van der Waals surface area contributed by atoms with Crippen LogP contribution in [0.1, 0.15) is 49.3 Å². The Morgan fingerprint density at radius 3 is 2.78 bits per heavy atom. The molecular weight excluding hydrogens is 462 g/mol. The van der Waals surface area contributed by atoms with Gasteiger partial charge in [-0.1, -0.05) is 61.0 Å². The number of amides is 1. The highest BCUT2D eigenvalue weighted by Crippen LogP contribution is 2.41. The minimum absolute atomic E-state index is 0.0839. The second-order valence-electron chi connectivity index (χ2n) is 10.6. The number of hydrogen-bond donors (Lipinski definition) is 3. The number of quaternary nitrogens is 1. The van der Waals surface area contributed by atoms with Crippen LogP contribution >= 0.6 is 0 Å². The number of fused-ring (bicyclic) bond motifs is 2. The third-order valence-electron chi connectivity index (χ3n) is 8.17. The van der Waals surface area contributed by atoms with Gasteiger partial charge in [0.05, 0.1) is 0 Å². The Morgan fingerprint density at radius 2 is 1.97 bits per heavy atom. The maximum atomic E-state index is 14.8. The van der Waals surface area contributed by atoms with Gasteiger partial charge in [0.15, 0.2) is 6.04 Å². The van der Waals surface area contributed by atoms with Crippen LogP contribution in [0.4, 0.5) is 5.69 Å². The molecule has 0 aromatic heterocycles. The summed E-state index contributed by atoms with van der Waals surface area (Å²) in [6.45, 7) is 5.05. The minimum atomic E-state index is -0.787. The molecule has 0 aliphatic carbocycles. The summed E-state index contributed by atoms with van der Waals surface area (Å²) >= 11 is 0. The van der Waals surface area contributed by atoms with Gasteiger partial charge in [-0.05, 0) is 43.5 Å². The van der Waals surface area contributed by atoms with Gasteiger partial charge in [-0.2, -0.15) is 0 Å². The van der Waals surface area contributed by atoms with Crippen molar-refractivity contribution in [2.75, 3.05) is 19.6 Å². The fraction of sp³-hybridized carbons (Fsp3) is 0.400. The molecule has 0 bridgehead atoms. The van der Waals surface area contributed by atoms with E-state index in [0.29, 0.717) is 30.3 Å². The molecule has 0 saturated carbocycles. The SMILES string of the molecule is C[C@H]1CCCCN1CCCNC(=O)C1Cc2ccc(C(=N)N)cc2[N+]1([O-])Cc1cccc2ccccc12. The molecule has 194 valence electrons. The van der Waals surface area contributed by atoms with Crippen molar-refractivity contribution in [2.45, 2.75) is 57.7 Å². The van der Waals surface area contributed by atoms with Gasteiger partial charge in [0, 0.05) is 48.3 Å². The molecule has 2 aliphatic heterocycles. The molecule has 1 fully saturated rings. The van der Waals surface area contributed by atoms with Crippen molar-refractivity contribution in [2.24, 2.45) is 5.73 Å². The number of hydroxylamine groups is 2. The number of benzene rings is 3. The fourth-order valence-electron chi connectivity index (χ4n) is 6.04. The van der Waals surface area contributed by atoms with Gasteiger partial charge in [-0.3, -0.25) is 10.2 Å². The molecule has 3 aromatic carbocycles. The third-order valence-corrected chi connectivity index (χ3v) is 8.17. The van der Waals surface area contributed by atoms with Gasteiger partial charge in [0.2, 0.25) is 0 Å². The van der Waals surface area contributed by atoms with E-state index in [0.717, 1.165) is 41.4 Å². The highest BCUT2D eigenvalue weighted by atomic mass is 16.6. The molecule has 1 saturated heterocycles. The first-order valence-electron chi connectivity index (χ1n) is 13.4. The Balaban J connectivity index is 1.38. The highest BCUT2D eigenvalue weighted by Gasteiger charge is 2.45. The number of amidine groups is 1. The molecule has 7 nitrogen and oxygen atoms in total. The average molecular weight is 500 g/mol. The molecule has 2 heterocycles. The first-order chi connectivity index (χ1) is 17.9. The molecule has 3 aromatic rings. The van der Waals surface area contributed by atoms with Crippen molar-refractivity contribution in [1.29, 1.82) is 5.41 Å². The topological polar surface area (TPSA) is 105 Å². The molecule has 37 heavy (non-hydrogen) atoms. The number of nitrogen functional groups attached to an aromatic ring is 1. The van der Waals surface area contributed by atoms with Crippen LogP contribution in [0, 0.1) is 10.6 Å². The third kappa shape index (κ3) is 5.12. The van der Waals surface area contributed by atoms with Crippen LogP contribution in [0.25, 0.3) is 10.8 Å². The molecule has 0 radical (unpaired) electrons. The van der Waals surface area contributed by atoms with Crippen molar-refractivity contribution in [3.8, 4) is 0 Å². The Labute approximate surface area is 218 Å². The highest BCUT2D eigenvalue weighted by molar-refractivity contribution is 5.97. The van der Waals surface area contributed by atoms with E-state index in [1.54, 1.807) is 12.1 Å². The van der Waals surface area contributed by atoms with E-state index in [2.05, 4.69) is 17.1 Å². The number of carbonyl (C=O) groups excluding carboxylic acids is 1. The summed E-state index contributed by atoms with van der Waals surface area (Å²) in [5, 5.41) is 27.8. The van der Waals surface area contributed by atoms with Gasteiger partial charge in [0.25, 0.3) is 5.91 Å². The number of piperidine rings is 1. The molecule has 1 amide bonds. The number of hydrogen-bond acceptors (Lipinski definition) is 4. The monoisotopic (exact) mass is 499 g/mol. The van der Waals surface area contributed by atoms with Gasteiger partial charge >= 0.3 is 0 Å². The molecule has 0 spiro atoms. The maximum Gasteiger partial charge on any atom is 0.279 e. The lowest BCUT2D eigenvalue weighted by Gasteiger charge is -2.43. The van der Waals surface area contributed by atoms with E-state index >= 15 is 0 Å². The Bertz CT molecular complexity index is 1300. The fourth-order valence-corrected chi connectivity index (χ4v) is 6.04. The quantitative estimate of drug-likeness (QED) is 0.140. The standard InChI is InChI=1S/C30H37N5O2/c1-21-8-4-5-16-34(21)17-7-15-33-30(36)28-18-23-13-14-24(29(31)32)19-27(23)35(28,37)20-25-11-6-10-22-9-2-3-12-26(22)25/h2-3,6,9-14,19,21,28H,4-5,7-8,15-18,20H2,1H3,(H3,31,32)(H,33,36)/t21-,28?,35?/m0/s1. The van der Waals surface area contributed by atoms with Gasteiger partial charge in [-0.15, -0.1) is 0 Å². The van der Waals surface area contributed by atoms with Crippen LogP contribution in [0.15, 0.2) is 60.7 Å². The second kappa shape index (κ2) is 10.6. The Hall–Kier alpha value is -3.26. The van der Waals surface area contributed by atoms with Crippen molar-refractivity contribution in [1.82, 2.24) is 14.9 Å². The zero-order chi connectivity index (χ0) is 26.0. The number of nitrogens with zero attached hydrogens (tertiary/aromatic N) is 2. The lowest BCUT2D eigenvalue weighted by molar-refractivity contribution is -0.125. The van der Waals surface area contributed by atoms with E-state index in [9.17, 15) is 10.0 Å². The number of rotatable bonds is 8. The summed E-state index contributed by atoms with van der Waals surface area (Å²) in [6, 6.07) is 19.1. The van der Waals surface area contributed by atoms with E-state index in [1.807, 2.05) is 48.5 Å². The minimum Gasteiger partial charge on any atom is -0.627 e. The van der Waals surface area contributed by atoms with Crippen LogP contribution in [-0.4, -0.2) is 48.4 Å². The van der Waals surface area contributed by atoms with E-state index in [4.69, 9.17) is 11.1 Å². The van der Waals surface area contributed by atoms with Gasteiger partial charge in [0.1, 0.15) is 18.1 Å². The molecule has 2 unspecified atom stereocenters. The Morgan fingerprint density at radius 1 is 1.16 bits per heavy atom. The molecule has 5 rings (SSSR count). The summed E-state index contributed by atoms with van der Waals surface area (Å²) in [4.78, 5) is 16.0. The predicted octanol–water partition coefficient (Wildman–Crippen LogP) is 4.43. The van der Waals surface area contributed by atoms with Crippen LogP contribution in [-0.2, 0) is 17.8 Å². The van der Waals surface area contributed by atoms with Crippen LogP contribution in [0.2, 0.25) is 0 Å². The van der Waals surface area contributed by atoms with Gasteiger partial charge in [-0.25, -0.2) is 0 Å². The summed E-state index contributed by atoms with van der Waals surface area (Å²) < 4.78 is -0.778. The molecular formula is C30H37N5O2. The molecule has 7 heteroatoms. The molecule has 2 aliphatic rings. The molecule has 4 N–H and O–H groups in total. The summed E-state index contributed by atoms with van der Waals surface area (Å²) in [6.07, 6.45) is 5.01. The lowest BCUT2D eigenvalue weighted by atomic mass is 10.0. The number of carbonyl (C=O) groups is 1. The van der Waals surface area contributed by atoms with Crippen molar-refractivity contribution >= 4 is 28.2 Å². The Kier molecular flexibility index (Phi) is 7.29. The zero-order valence-corrected chi connectivity index (χ0v) is 21.6. The smallest absolute Gasteiger partial charge is 0.279 e. The predicted molar refractivity (Wildman–Crippen MR) is 150 cm³/mol.